The molecule has 0 radical (unpaired) electrons. The van der Waals surface area contributed by atoms with E-state index in [1.807, 2.05) is 49.5 Å². The van der Waals surface area contributed by atoms with Crippen LogP contribution in [0.25, 0.3) is 10.4 Å². The number of ketones is 1. The highest BCUT2D eigenvalue weighted by atomic mass is 35.5. The van der Waals surface area contributed by atoms with E-state index in [0.717, 1.165) is 31.5 Å². The molecule has 3 nitrogen and oxygen atoms in total. The van der Waals surface area contributed by atoms with E-state index in [1.165, 1.54) is 5.56 Å². The minimum atomic E-state index is 0.134. The summed E-state index contributed by atoms with van der Waals surface area (Å²) in [7, 11) is 3.90. The number of hydrogen-bond acceptors (Lipinski definition) is 4. The first-order chi connectivity index (χ1) is 13.0. The van der Waals surface area contributed by atoms with Crippen LogP contribution in [0.3, 0.4) is 0 Å². The van der Waals surface area contributed by atoms with E-state index in [9.17, 15) is 4.79 Å². The molecule has 3 aromatic rings. The van der Waals surface area contributed by atoms with Gasteiger partial charge in [0, 0.05) is 54.1 Å². The van der Waals surface area contributed by atoms with E-state index >= 15 is 0 Å². The minimum absolute atomic E-state index is 0.134. The van der Waals surface area contributed by atoms with Crippen molar-refractivity contribution < 1.29 is 4.79 Å². The number of nitrogens with zero attached hydrogens (tertiary/aromatic N) is 2. The maximum atomic E-state index is 13.1. The van der Waals surface area contributed by atoms with Gasteiger partial charge >= 0.3 is 0 Å². The number of pyridine rings is 1. The molecule has 0 spiro atoms. The van der Waals surface area contributed by atoms with Crippen LogP contribution in [0, 0.1) is 0 Å². The predicted octanol–water partition coefficient (Wildman–Crippen LogP) is 5.63. The van der Waals surface area contributed by atoms with Crippen LogP contribution in [0.5, 0.6) is 0 Å². The number of allylic oxidation sites excluding steroid dienone is 1. The summed E-state index contributed by atoms with van der Waals surface area (Å²) in [5.74, 6) is 0.280. The molecule has 1 unspecified atom stereocenters. The number of hydrogen-bond donors (Lipinski definition) is 0. The van der Waals surface area contributed by atoms with E-state index in [1.54, 1.807) is 23.7 Å². The second kappa shape index (κ2) is 7.29. The summed E-state index contributed by atoms with van der Waals surface area (Å²) in [5, 5.41) is 0.720. The summed E-state index contributed by atoms with van der Waals surface area (Å²) in [5.41, 5.74) is 4.22. The molecule has 5 heteroatoms. The van der Waals surface area contributed by atoms with Crippen molar-refractivity contribution in [1.29, 1.82) is 0 Å². The van der Waals surface area contributed by atoms with Crippen LogP contribution in [-0.4, -0.2) is 29.8 Å². The van der Waals surface area contributed by atoms with Gasteiger partial charge in [-0.1, -0.05) is 23.7 Å². The summed E-state index contributed by atoms with van der Waals surface area (Å²) < 4.78 is 0. The zero-order chi connectivity index (χ0) is 19.0. The van der Waals surface area contributed by atoms with Crippen LogP contribution >= 0.6 is 22.9 Å². The fourth-order valence-electron chi connectivity index (χ4n) is 3.48. The largest absolute Gasteiger partial charge is 0.383 e. The quantitative estimate of drug-likeness (QED) is 0.540. The normalized spacial score (nSPS) is 17.8. The van der Waals surface area contributed by atoms with E-state index in [4.69, 9.17) is 11.6 Å². The van der Waals surface area contributed by atoms with Crippen molar-refractivity contribution in [2.75, 3.05) is 14.1 Å². The van der Waals surface area contributed by atoms with Crippen molar-refractivity contribution in [2.45, 2.75) is 12.3 Å². The average Bonchev–Trinajstić information content (AvgIpc) is 3.11. The maximum absolute atomic E-state index is 13.1. The summed E-state index contributed by atoms with van der Waals surface area (Å²) in [6, 6.07) is 14.1. The van der Waals surface area contributed by atoms with Crippen LogP contribution in [0.15, 0.2) is 66.6 Å². The summed E-state index contributed by atoms with van der Waals surface area (Å²) in [4.78, 5) is 21.1. The lowest BCUT2D eigenvalue weighted by atomic mass is 9.79. The number of carbonyl (C=O) groups excluding carboxylic acids is 1. The lowest BCUT2D eigenvalue weighted by Crippen LogP contribution is -2.19. The van der Waals surface area contributed by atoms with Crippen LogP contribution in [0.4, 0.5) is 0 Å². The second-order valence-electron chi connectivity index (χ2n) is 6.89. The Morgan fingerprint density at radius 2 is 1.85 bits per heavy atom. The Labute approximate surface area is 167 Å². The summed E-state index contributed by atoms with van der Waals surface area (Å²) >= 11 is 7.65. The van der Waals surface area contributed by atoms with Gasteiger partial charge in [0.25, 0.3) is 0 Å². The fraction of sp³-hybridized carbons (Fsp3) is 0.182. The van der Waals surface area contributed by atoms with Gasteiger partial charge in [0.2, 0.25) is 5.78 Å². The van der Waals surface area contributed by atoms with Crippen molar-refractivity contribution in [1.82, 2.24) is 9.88 Å². The molecule has 1 aliphatic rings. The van der Waals surface area contributed by atoms with Gasteiger partial charge < -0.3 is 4.90 Å². The van der Waals surface area contributed by atoms with Crippen molar-refractivity contribution in [2.24, 2.45) is 0 Å². The Kier molecular flexibility index (Phi) is 4.85. The third-order valence-corrected chi connectivity index (χ3v) is 6.16. The smallest absolute Gasteiger partial charge is 0.200 e. The molecule has 0 N–H and O–H groups in total. The third kappa shape index (κ3) is 3.55. The zero-order valence-corrected chi connectivity index (χ0v) is 16.7. The molecule has 0 bridgehead atoms. The fourth-order valence-corrected chi connectivity index (χ4v) is 4.81. The van der Waals surface area contributed by atoms with Crippen molar-refractivity contribution in [3.63, 3.8) is 0 Å². The van der Waals surface area contributed by atoms with Gasteiger partial charge in [-0.25, -0.2) is 0 Å². The average molecular weight is 395 g/mol. The Hall–Kier alpha value is -2.43. The number of Topliss-reactive ketones (excluding diaryl/α,β-unsaturated/α-hetero) is 1. The molecule has 2 heterocycles. The molecule has 4 rings (SSSR count). The van der Waals surface area contributed by atoms with Gasteiger partial charge in [0.1, 0.15) is 0 Å². The highest BCUT2D eigenvalue weighted by Gasteiger charge is 2.33. The predicted molar refractivity (Wildman–Crippen MR) is 112 cm³/mol. The van der Waals surface area contributed by atoms with Crippen LogP contribution < -0.4 is 0 Å². The van der Waals surface area contributed by atoms with Gasteiger partial charge in [-0.05, 0) is 53.4 Å². The van der Waals surface area contributed by atoms with Gasteiger partial charge in [0.05, 0.1) is 4.88 Å². The molecule has 1 atom stereocenters. The maximum Gasteiger partial charge on any atom is 0.200 e. The van der Waals surface area contributed by atoms with E-state index in [0.29, 0.717) is 6.42 Å². The van der Waals surface area contributed by atoms with Crippen LogP contribution in [0.1, 0.15) is 33.1 Å². The molecule has 0 saturated heterocycles. The van der Waals surface area contributed by atoms with Crippen LogP contribution in [-0.2, 0) is 0 Å². The van der Waals surface area contributed by atoms with Gasteiger partial charge in [-0.2, -0.15) is 0 Å². The molecule has 136 valence electrons. The van der Waals surface area contributed by atoms with E-state index < -0.39 is 0 Å². The van der Waals surface area contributed by atoms with Crippen LogP contribution in [0.2, 0.25) is 5.02 Å². The van der Waals surface area contributed by atoms with Crippen molar-refractivity contribution >= 4 is 28.7 Å². The number of benzene rings is 1. The lowest BCUT2D eigenvalue weighted by Gasteiger charge is -2.25. The molecule has 2 aromatic heterocycles. The highest BCUT2D eigenvalue weighted by molar-refractivity contribution is 7.17. The number of rotatable bonds is 3. The molecule has 27 heavy (non-hydrogen) atoms. The molecule has 0 amide bonds. The molecule has 1 aromatic carbocycles. The van der Waals surface area contributed by atoms with Crippen molar-refractivity contribution in [3.8, 4) is 10.4 Å². The van der Waals surface area contributed by atoms with E-state index in [-0.39, 0.29) is 11.7 Å². The Bertz CT molecular complexity index is 1010. The van der Waals surface area contributed by atoms with E-state index in [2.05, 4.69) is 23.2 Å². The molecule has 1 aliphatic carbocycles. The SMILES string of the molecule is CN(C)C=C1CC(c2ccc(Cl)cc2)c2cc(-c3ccncc3)sc2C1=O. The molecule has 0 saturated carbocycles. The summed E-state index contributed by atoms with van der Waals surface area (Å²) in [6.45, 7) is 0. The molecule has 0 fully saturated rings. The first-order valence-electron chi connectivity index (χ1n) is 8.74. The Morgan fingerprint density at radius 1 is 1.15 bits per heavy atom. The zero-order valence-electron chi connectivity index (χ0n) is 15.1. The highest BCUT2D eigenvalue weighted by Crippen LogP contribution is 2.45. The minimum Gasteiger partial charge on any atom is -0.383 e. The topological polar surface area (TPSA) is 33.2 Å². The first kappa shape index (κ1) is 18.0. The second-order valence-corrected chi connectivity index (χ2v) is 8.37. The monoisotopic (exact) mass is 394 g/mol. The number of thiophene rings is 1. The molecular formula is C22H19ClN2OS. The molecular weight excluding hydrogens is 376 g/mol. The number of aromatic nitrogens is 1. The summed E-state index contributed by atoms with van der Waals surface area (Å²) in [6.07, 6.45) is 6.20. The van der Waals surface area contributed by atoms with Gasteiger partial charge in [0.15, 0.2) is 0 Å². The Morgan fingerprint density at radius 3 is 2.52 bits per heavy atom. The van der Waals surface area contributed by atoms with Gasteiger partial charge in [-0.3, -0.25) is 9.78 Å². The number of halogens is 1. The molecule has 0 aliphatic heterocycles. The standard InChI is InChI=1S/C22H19ClN2OS/c1-25(2)13-16-11-18(14-3-5-17(23)6-4-14)19-12-20(27-22(19)21(16)26)15-7-9-24-10-8-15/h3-10,12-13,18H,11H2,1-2H3. The number of carbonyl (C=O) groups is 1. The third-order valence-electron chi connectivity index (χ3n) is 4.71. The van der Waals surface area contributed by atoms with Crippen molar-refractivity contribution in [3.05, 3.63) is 87.7 Å². The Balaban J connectivity index is 1.85. The number of fused-ring (bicyclic) bond motifs is 1. The van der Waals surface area contributed by atoms with Gasteiger partial charge in [-0.15, -0.1) is 11.3 Å². The lowest BCUT2D eigenvalue weighted by molar-refractivity contribution is 0.102. The first-order valence-corrected chi connectivity index (χ1v) is 9.94.